The lowest BCUT2D eigenvalue weighted by atomic mass is 9.97. The van der Waals surface area contributed by atoms with Gasteiger partial charge in [-0.05, 0) is 49.9 Å². The monoisotopic (exact) mass is 367 g/mol. The predicted octanol–water partition coefficient (Wildman–Crippen LogP) is 3.71. The Morgan fingerprint density at radius 2 is 1.74 bits per heavy atom. The number of carbonyl (C=O) groups is 1. The van der Waals surface area contributed by atoms with E-state index in [1.807, 2.05) is 55.1 Å². The number of fused-ring (bicyclic) bond motifs is 2. The SMILES string of the molecule is Cc1ccc(C)c2c1N(CCCOc1ccccc1)C(=O)C21OCCCO1. The number of ether oxygens (including phenoxy) is 3. The molecule has 142 valence electrons. The van der Waals surface area contributed by atoms with Gasteiger partial charge in [-0.15, -0.1) is 0 Å². The van der Waals surface area contributed by atoms with E-state index in [4.69, 9.17) is 14.2 Å². The van der Waals surface area contributed by atoms with Crippen LogP contribution in [0.5, 0.6) is 5.75 Å². The number of hydrogen-bond acceptors (Lipinski definition) is 4. The Bertz CT molecular complexity index is 828. The van der Waals surface area contributed by atoms with Crippen molar-refractivity contribution in [2.24, 2.45) is 0 Å². The van der Waals surface area contributed by atoms with Crippen molar-refractivity contribution in [3.05, 3.63) is 59.2 Å². The highest BCUT2D eigenvalue weighted by molar-refractivity contribution is 6.07. The van der Waals surface area contributed by atoms with E-state index in [1.54, 1.807) is 0 Å². The molecule has 0 aromatic heterocycles. The predicted molar refractivity (Wildman–Crippen MR) is 103 cm³/mol. The molecule has 2 heterocycles. The highest BCUT2D eigenvalue weighted by Gasteiger charge is 2.55. The average molecular weight is 367 g/mol. The van der Waals surface area contributed by atoms with Crippen molar-refractivity contribution in [3.8, 4) is 5.75 Å². The molecular weight excluding hydrogens is 342 g/mol. The molecule has 2 aromatic carbocycles. The van der Waals surface area contributed by atoms with Crippen LogP contribution < -0.4 is 9.64 Å². The Kier molecular flexibility index (Phi) is 4.89. The number of benzene rings is 2. The van der Waals surface area contributed by atoms with E-state index in [0.717, 1.165) is 41.0 Å². The number of amides is 1. The number of rotatable bonds is 5. The minimum absolute atomic E-state index is 0.116. The summed E-state index contributed by atoms with van der Waals surface area (Å²) in [5.41, 5.74) is 3.88. The third-order valence-corrected chi connectivity index (χ3v) is 5.15. The van der Waals surface area contributed by atoms with Gasteiger partial charge in [-0.2, -0.15) is 0 Å². The van der Waals surface area contributed by atoms with Gasteiger partial charge in [0.05, 0.1) is 25.5 Å². The van der Waals surface area contributed by atoms with Gasteiger partial charge in [0.1, 0.15) is 5.75 Å². The molecule has 1 spiro atoms. The van der Waals surface area contributed by atoms with E-state index < -0.39 is 5.79 Å². The van der Waals surface area contributed by atoms with Crippen molar-refractivity contribution in [2.45, 2.75) is 32.5 Å². The van der Waals surface area contributed by atoms with Crippen LogP contribution in [-0.4, -0.2) is 32.3 Å². The zero-order valence-electron chi connectivity index (χ0n) is 15.9. The Labute approximate surface area is 159 Å². The number of para-hydroxylation sites is 1. The smallest absolute Gasteiger partial charge is 0.292 e. The van der Waals surface area contributed by atoms with Gasteiger partial charge in [0.2, 0.25) is 0 Å². The molecule has 27 heavy (non-hydrogen) atoms. The van der Waals surface area contributed by atoms with Crippen LogP contribution in [0, 0.1) is 13.8 Å². The van der Waals surface area contributed by atoms with Crippen LogP contribution in [-0.2, 0) is 20.1 Å². The fourth-order valence-electron chi connectivity index (χ4n) is 3.89. The van der Waals surface area contributed by atoms with Crippen molar-refractivity contribution in [1.29, 1.82) is 0 Å². The van der Waals surface area contributed by atoms with Gasteiger partial charge >= 0.3 is 0 Å². The van der Waals surface area contributed by atoms with Crippen LogP contribution in [0.25, 0.3) is 0 Å². The van der Waals surface area contributed by atoms with Gasteiger partial charge in [0.25, 0.3) is 11.7 Å². The summed E-state index contributed by atoms with van der Waals surface area (Å²) in [6.45, 7) is 6.21. The fourth-order valence-corrected chi connectivity index (χ4v) is 3.89. The molecule has 0 unspecified atom stereocenters. The van der Waals surface area contributed by atoms with Gasteiger partial charge in [0.15, 0.2) is 0 Å². The summed E-state index contributed by atoms with van der Waals surface area (Å²) in [6, 6.07) is 13.8. The maximum absolute atomic E-state index is 13.3. The zero-order chi connectivity index (χ0) is 18.9. The molecule has 2 aliphatic heterocycles. The number of hydrogen-bond donors (Lipinski definition) is 0. The first-order valence-electron chi connectivity index (χ1n) is 9.52. The molecule has 1 amide bonds. The molecule has 0 atom stereocenters. The molecule has 5 nitrogen and oxygen atoms in total. The van der Waals surface area contributed by atoms with E-state index in [1.165, 1.54) is 0 Å². The maximum atomic E-state index is 13.3. The van der Waals surface area contributed by atoms with Crippen LogP contribution in [0.15, 0.2) is 42.5 Å². The van der Waals surface area contributed by atoms with Crippen molar-refractivity contribution in [3.63, 3.8) is 0 Å². The minimum Gasteiger partial charge on any atom is -0.494 e. The molecule has 0 aliphatic carbocycles. The highest BCUT2D eigenvalue weighted by atomic mass is 16.7. The number of nitrogens with zero attached hydrogens (tertiary/aromatic N) is 1. The Morgan fingerprint density at radius 3 is 2.48 bits per heavy atom. The molecule has 4 rings (SSSR count). The first-order valence-corrected chi connectivity index (χ1v) is 9.52. The van der Waals surface area contributed by atoms with Crippen molar-refractivity contribution >= 4 is 11.6 Å². The first-order chi connectivity index (χ1) is 13.1. The molecule has 1 fully saturated rings. The summed E-state index contributed by atoms with van der Waals surface area (Å²) >= 11 is 0. The highest BCUT2D eigenvalue weighted by Crippen LogP contribution is 2.48. The normalized spacial score (nSPS) is 18.0. The summed E-state index contributed by atoms with van der Waals surface area (Å²) in [5, 5.41) is 0. The standard InChI is InChI=1S/C22H25NO4/c1-16-10-11-17(2)20-19(16)22(26-14-7-15-27-22)21(24)23(20)12-6-13-25-18-8-4-3-5-9-18/h3-5,8-11H,6-7,12-15H2,1-2H3. The van der Waals surface area contributed by atoms with Crippen LogP contribution in [0.4, 0.5) is 5.69 Å². The minimum atomic E-state index is -1.27. The second kappa shape index (κ2) is 7.33. The topological polar surface area (TPSA) is 48.0 Å². The van der Waals surface area contributed by atoms with Crippen molar-refractivity contribution < 1.29 is 19.0 Å². The molecule has 0 N–H and O–H groups in total. The molecular formula is C22H25NO4. The number of aryl methyl sites for hydroxylation is 2. The third kappa shape index (κ3) is 3.11. The first kappa shape index (κ1) is 18.0. The van der Waals surface area contributed by atoms with E-state index >= 15 is 0 Å². The van der Waals surface area contributed by atoms with Gasteiger partial charge < -0.3 is 19.1 Å². The van der Waals surface area contributed by atoms with E-state index in [-0.39, 0.29) is 5.91 Å². The van der Waals surface area contributed by atoms with E-state index in [2.05, 4.69) is 6.07 Å². The Balaban J connectivity index is 1.55. The molecule has 1 saturated heterocycles. The van der Waals surface area contributed by atoms with Crippen LogP contribution in [0.1, 0.15) is 29.5 Å². The van der Waals surface area contributed by atoms with E-state index in [9.17, 15) is 4.79 Å². The summed E-state index contributed by atoms with van der Waals surface area (Å²) < 4.78 is 17.7. The lowest BCUT2D eigenvalue weighted by molar-refractivity contribution is -0.257. The third-order valence-electron chi connectivity index (χ3n) is 5.15. The van der Waals surface area contributed by atoms with Crippen LogP contribution >= 0.6 is 0 Å². The van der Waals surface area contributed by atoms with Gasteiger partial charge in [-0.25, -0.2) is 0 Å². The van der Waals surface area contributed by atoms with Crippen LogP contribution in [0.3, 0.4) is 0 Å². The van der Waals surface area contributed by atoms with Gasteiger partial charge in [-0.1, -0.05) is 30.3 Å². The van der Waals surface area contributed by atoms with Crippen molar-refractivity contribution in [1.82, 2.24) is 0 Å². The largest absolute Gasteiger partial charge is 0.494 e. The summed E-state index contributed by atoms with van der Waals surface area (Å²) in [6.07, 6.45) is 1.53. The number of carbonyl (C=O) groups excluding carboxylic acids is 1. The quantitative estimate of drug-likeness (QED) is 0.756. The Morgan fingerprint density at radius 1 is 1.04 bits per heavy atom. The molecule has 0 bridgehead atoms. The average Bonchev–Trinajstić information content (AvgIpc) is 2.93. The molecule has 2 aliphatic rings. The molecule has 0 radical (unpaired) electrons. The zero-order valence-corrected chi connectivity index (χ0v) is 15.9. The lowest BCUT2D eigenvalue weighted by Gasteiger charge is -2.33. The summed E-state index contributed by atoms with van der Waals surface area (Å²) in [5.74, 6) is -0.549. The van der Waals surface area contributed by atoms with Crippen LogP contribution in [0.2, 0.25) is 0 Å². The molecule has 2 aromatic rings. The van der Waals surface area contributed by atoms with Gasteiger partial charge in [-0.3, -0.25) is 4.79 Å². The fraction of sp³-hybridized carbons (Fsp3) is 0.409. The Hall–Kier alpha value is -2.37. The molecule has 5 heteroatoms. The molecule has 0 saturated carbocycles. The second-order valence-corrected chi connectivity index (χ2v) is 7.06. The summed E-state index contributed by atoms with van der Waals surface area (Å²) in [7, 11) is 0. The second-order valence-electron chi connectivity index (χ2n) is 7.06. The van der Waals surface area contributed by atoms with Crippen molar-refractivity contribution in [2.75, 3.05) is 31.3 Å². The van der Waals surface area contributed by atoms with E-state index in [0.29, 0.717) is 26.4 Å². The number of anilines is 1. The lowest BCUT2D eigenvalue weighted by Crippen LogP contribution is -2.47. The summed E-state index contributed by atoms with van der Waals surface area (Å²) in [4.78, 5) is 15.2. The van der Waals surface area contributed by atoms with Gasteiger partial charge in [0, 0.05) is 12.1 Å². The maximum Gasteiger partial charge on any atom is 0.292 e.